The summed E-state index contributed by atoms with van der Waals surface area (Å²) in [4.78, 5) is 49.2. The van der Waals surface area contributed by atoms with E-state index in [1.165, 1.54) is 10.5 Å². The number of hydrogen-bond donors (Lipinski definition) is 0. The lowest BCUT2D eigenvalue weighted by Crippen LogP contribution is -2.50. The van der Waals surface area contributed by atoms with Gasteiger partial charge in [-0.2, -0.15) is 0 Å². The standard InChI is InChI=1S/C28H32N4O3S/c1-4-30(5-2)27(34)20-7-6-14-31(17-20)23-16-25(33)32(28(23)35)21-11-9-19(10-12-21)26-29-22-13-8-18(3)15-24(22)36-26/h8-13,15,20,23H,4-7,14,16-17H2,1-3H3/t20-,23-/m0/s1. The molecule has 188 valence electrons. The van der Waals surface area contributed by atoms with Gasteiger partial charge in [0.2, 0.25) is 11.8 Å². The van der Waals surface area contributed by atoms with Crippen LogP contribution >= 0.6 is 11.3 Å². The third-order valence-corrected chi connectivity index (χ3v) is 8.42. The second-order valence-electron chi connectivity index (χ2n) is 9.67. The summed E-state index contributed by atoms with van der Waals surface area (Å²) < 4.78 is 1.14. The van der Waals surface area contributed by atoms with E-state index in [4.69, 9.17) is 4.98 Å². The van der Waals surface area contributed by atoms with Gasteiger partial charge >= 0.3 is 0 Å². The Morgan fingerprint density at radius 2 is 1.86 bits per heavy atom. The zero-order chi connectivity index (χ0) is 25.4. The third kappa shape index (κ3) is 4.55. The minimum absolute atomic E-state index is 0.118. The maximum atomic E-state index is 13.4. The number of anilines is 1. The molecule has 0 N–H and O–H groups in total. The molecule has 0 bridgehead atoms. The number of benzene rings is 2. The van der Waals surface area contributed by atoms with Gasteiger partial charge in [0, 0.05) is 25.2 Å². The molecular weight excluding hydrogens is 472 g/mol. The SMILES string of the molecule is CCN(CC)C(=O)[C@H]1CCCN([C@H]2CC(=O)N(c3ccc(-c4nc5ccc(C)cc5s4)cc3)C2=O)C1. The fraction of sp³-hybridized carbons (Fsp3) is 0.429. The number of aryl methyl sites for hydroxylation is 1. The summed E-state index contributed by atoms with van der Waals surface area (Å²) in [5, 5.41) is 0.913. The number of aromatic nitrogens is 1. The van der Waals surface area contributed by atoms with Crippen LogP contribution in [0.3, 0.4) is 0 Å². The molecule has 5 rings (SSSR count). The van der Waals surface area contributed by atoms with E-state index in [0.717, 1.165) is 40.2 Å². The van der Waals surface area contributed by atoms with Gasteiger partial charge in [-0.15, -0.1) is 11.3 Å². The highest BCUT2D eigenvalue weighted by Gasteiger charge is 2.44. The minimum atomic E-state index is -0.503. The predicted molar refractivity (Wildman–Crippen MR) is 143 cm³/mol. The maximum absolute atomic E-state index is 13.4. The largest absolute Gasteiger partial charge is 0.343 e. The van der Waals surface area contributed by atoms with E-state index in [0.29, 0.717) is 25.3 Å². The number of amides is 3. The molecule has 1 aromatic heterocycles. The minimum Gasteiger partial charge on any atom is -0.343 e. The molecule has 0 aliphatic carbocycles. The van der Waals surface area contributed by atoms with E-state index in [1.807, 2.05) is 54.0 Å². The molecular formula is C28H32N4O3S. The number of rotatable bonds is 6. The Morgan fingerprint density at radius 3 is 2.58 bits per heavy atom. The van der Waals surface area contributed by atoms with E-state index in [9.17, 15) is 14.4 Å². The van der Waals surface area contributed by atoms with Crippen molar-refractivity contribution in [1.82, 2.24) is 14.8 Å². The second-order valence-corrected chi connectivity index (χ2v) is 10.7. The van der Waals surface area contributed by atoms with Crippen LogP contribution in [0.5, 0.6) is 0 Å². The van der Waals surface area contributed by atoms with E-state index in [1.54, 1.807) is 11.3 Å². The Morgan fingerprint density at radius 1 is 1.11 bits per heavy atom. The highest BCUT2D eigenvalue weighted by Crippen LogP contribution is 2.34. The quantitative estimate of drug-likeness (QED) is 0.463. The van der Waals surface area contributed by atoms with Gasteiger partial charge < -0.3 is 4.90 Å². The average Bonchev–Trinajstić information content (AvgIpc) is 3.44. The molecule has 36 heavy (non-hydrogen) atoms. The zero-order valence-electron chi connectivity index (χ0n) is 21.1. The van der Waals surface area contributed by atoms with E-state index < -0.39 is 6.04 Å². The van der Waals surface area contributed by atoms with Crippen LogP contribution in [-0.4, -0.2) is 64.7 Å². The Hall–Kier alpha value is -3.10. The number of thiazole rings is 1. The van der Waals surface area contributed by atoms with Crippen LogP contribution in [0.1, 0.15) is 38.7 Å². The molecule has 2 aliphatic heterocycles. The number of fused-ring (bicyclic) bond motifs is 1. The molecule has 0 radical (unpaired) electrons. The van der Waals surface area contributed by atoms with Gasteiger partial charge in [0.25, 0.3) is 5.91 Å². The summed E-state index contributed by atoms with van der Waals surface area (Å²) in [5.74, 6) is -0.351. The lowest BCUT2D eigenvalue weighted by atomic mass is 9.95. The number of hydrogen-bond acceptors (Lipinski definition) is 6. The molecule has 2 saturated heterocycles. The number of likely N-dealkylation sites (tertiary alicyclic amines) is 1. The lowest BCUT2D eigenvalue weighted by Gasteiger charge is -2.36. The average molecular weight is 505 g/mol. The topological polar surface area (TPSA) is 73.8 Å². The van der Waals surface area contributed by atoms with E-state index in [2.05, 4.69) is 19.1 Å². The van der Waals surface area contributed by atoms with Crippen molar-refractivity contribution in [2.45, 2.75) is 46.1 Å². The molecule has 3 aromatic rings. The Kier molecular flexibility index (Phi) is 6.90. The molecule has 2 atom stereocenters. The third-order valence-electron chi connectivity index (χ3n) is 7.36. The van der Waals surface area contributed by atoms with Gasteiger partial charge in [-0.25, -0.2) is 9.88 Å². The molecule has 7 nitrogen and oxygen atoms in total. The van der Waals surface area contributed by atoms with E-state index >= 15 is 0 Å². The van der Waals surface area contributed by atoms with E-state index in [-0.39, 0.29) is 30.1 Å². The number of piperidine rings is 1. The van der Waals surface area contributed by atoms with Crippen LogP contribution < -0.4 is 4.90 Å². The summed E-state index contributed by atoms with van der Waals surface area (Å²) in [6.45, 7) is 8.68. The summed E-state index contributed by atoms with van der Waals surface area (Å²) in [6, 6.07) is 13.2. The Balaban J connectivity index is 1.31. The number of carbonyl (C=O) groups excluding carboxylic acids is 3. The molecule has 2 fully saturated rings. The van der Waals surface area contributed by atoms with Crippen molar-refractivity contribution in [2.24, 2.45) is 5.92 Å². The van der Waals surface area contributed by atoms with Crippen LogP contribution in [-0.2, 0) is 14.4 Å². The van der Waals surface area contributed by atoms with Crippen molar-refractivity contribution >= 4 is 45.0 Å². The van der Waals surface area contributed by atoms with Crippen molar-refractivity contribution in [1.29, 1.82) is 0 Å². The predicted octanol–water partition coefficient (Wildman–Crippen LogP) is 4.48. The lowest BCUT2D eigenvalue weighted by molar-refractivity contribution is -0.138. The van der Waals surface area contributed by atoms with Crippen molar-refractivity contribution in [3.63, 3.8) is 0 Å². The maximum Gasteiger partial charge on any atom is 0.251 e. The first-order valence-corrected chi connectivity index (χ1v) is 13.6. The smallest absolute Gasteiger partial charge is 0.251 e. The highest BCUT2D eigenvalue weighted by atomic mass is 32.1. The molecule has 8 heteroatoms. The summed E-state index contributed by atoms with van der Waals surface area (Å²) in [5.41, 5.74) is 3.71. The highest BCUT2D eigenvalue weighted by molar-refractivity contribution is 7.21. The van der Waals surface area contributed by atoms with Crippen LogP contribution in [0.2, 0.25) is 0 Å². The molecule has 3 heterocycles. The van der Waals surface area contributed by atoms with Crippen molar-refractivity contribution in [2.75, 3.05) is 31.1 Å². The van der Waals surface area contributed by atoms with Crippen molar-refractivity contribution in [3.8, 4) is 10.6 Å². The second kappa shape index (κ2) is 10.1. The summed E-state index contributed by atoms with van der Waals surface area (Å²) in [7, 11) is 0. The molecule has 0 saturated carbocycles. The van der Waals surface area contributed by atoms with Crippen LogP contribution in [0.4, 0.5) is 5.69 Å². The van der Waals surface area contributed by atoms with Gasteiger partial charge in [-0.05, 0) is 82.1 Å². The Bertz CT molecular complexity index is 1300. The Labute approximate surface area is 215 Å². The number of imide groups is 1. The fourth-order valence-electron chi connectivity index (χ4n) is 5.37. The number of nitrogens with zero attached hydrogens (tertiary/aromatic N) is 4. The van der Waals surface area contributed by atoms with Crippen LogP contribution in [0.25, 0.3) is 20.8 Å². The summed E-state index contributed by atoms with van der Waals surface area (Å²) >= 11 is 1.63. The first-order chi connectivity index (χ1) is 17.4. The number of carbonyl (C=O) groups is 3. The van der Waals surface area contributed by atoms with Crippen LogP contribution in [0.15, 0.2) is 42.5 Å². The van der Waals surface area contributed by atoms with Crippen molar-refractivity contribution < 1.29 is 14.4 Å². The van der Waals surface area contributed by atoms with Gasteiger partial charge in [0.05, 0.1) is 34.3 Å². The van der Waals surface area contributed by atoms with Crippen LogP contribution in [0, 0.1) is 12.8 Å². The normalized spacial score (nSPS) is 20.9. The molecule has 2 aliphatic rings. The van der Waals surface area contributed by atoms with Gasteiger partial charge in [-0.1, -0.05) is 6.07 Å². The molecule has 0 unspecified atom stereocenters. The molecule has 2 aromatic carbocycles. The zero-order valence-corrected chi connectivity index (χ0v) is 21.9. The van der Waals surface area contributed by atoms with Crippen molar-refractivity contribution in [3.05, 3.63) is 48.0 Å². The molecule has 3 amide bonds. The first-order valence-electron chi connectivity index (χ1n) is 12.8. The van der Waals surface area contributed by atoms with Gasteiger partial charge in [0.15, 0.2) is 0 Å². The van der Waals surface area contributed by atoms with Gasteiger partial charge in [0.1, 0.15) is 5.01 Å². The van der Waals surface area contributed by atoms with Gasteiger partial charge in [-0.3, -0.25) is 19.3 Å². The fourth-order valence-corrected chi connectivity index (χ4v) is 6.43. The first kappa shape index (κ1) is 24.6. The summed E-state index contributed by atoms with van der Waals surface area (Å²) in [6.07, 6.45) is 1.84. The molecule has 0 spiro atoms. The monoisotopic (exact) mass is 504 g/mol.